The van der Waals surface area contributed by atoms with Crippen molar-refractivity contribution in [2.75, 3.05) is 20.2 Å². The third-order valence-corrected chi connectivity index (χ3v) is 5.42. The van der Waals surface area contributed by atoms with Crippen molar-refractivity contribution in [2.45, 2.75) is 23.9 Å². The predicted octanol–water partition coefficient (Wildman–Crippen LogP) is 2.74. The van der Waals surface area contributed by atoms with Crippen LogP contribution in [0.15, 0.2) is 53.4 Å². The molecule has 0 saturated heterocycles. The highest BCUT2D eigenvalue weighted by atomic mass is 32.2. The summed E-state index contributed by atoms with van der Waals surface area (Å²) in [4.78, 5) is 11.3. The number of carbonyl (C=O) groups excluding carboxylic acids is 1. The standard InChI is InChI=1S/C19H21F3N2O4S/c1-28-16-9-7-14(8-10-16)4-3-11-23-18(25)13-24-29(26,27)17-6-2-5-15(12-17)19(20,21)22/h2,5-10,12,24H,3-4,11,13H2,1H3,(H,23,25). The highest BCUT2D eigenvalue weighted by Gasteiger charge is 2.31. The molecule has 2 rings (SSSR count). The van der Waals surface area contributed by atoms with Crippen LogP contribution >= 0.6 is 0 Å². The summed E-state index contributed by atoms with van der Waals surface area (Å²) >= 11 is 0. The number of carbonyl (C=O) groups is 1. The minimum Gasteiger partial charge on any atom is -0.497 e. The monoisotopic (exact) mass is 430 g/mol. The van der Waals surface area contributed by atoms with E-state index in [1.165, 1.54) is 0 Å². The Balaban J connectivity index is 1.79. The largest absolute Gasteiger partial charge is 0.497 e. The molecule has 2 N–H and O–H groups in total. The number of amides is 1. The molecular weight excluding hydrogens is 409 g/mol. The van der Waals surface area contributed by atoms with Gasteiger partial charge >= 0.3 is 6.18 Å². The van der Waals surface area contributed by atoms with E-state index in [0.29, 0.717) is 25.5 Å². The van der Waals surface area contributed by atoms with Crippen LogP contribution in [-0.2, 0) is 27.4 Å². The van der Waals surface area contributed by atoms with Crippen LogP contribution in [0.5, 0.6) is 5.75 Å². The van der Waals surface area contributed by atoms with Gasteiger partial charge in [0.05, 0.1) is 24.1 Å². The Morgan fingerprint density at radius 3 is 2.41 bits per heavy atom. The van der Waals surface area contributed by atoms with Gasteiger partial charge < -0.3 is 10.1 Å². The zero-order valence-electron chi connectivity index (χ0n) is 15.6. The van der Waals surface area contributed by atoms with Crippen LogP contribution in [-0.4, -0.2) is 34.5 Å². The molecule has 0 radical (unpaired) electrons. The molecule has 158 valence electrons. The van der Waals surface area contributed by atoms with E-state index in [4.69, 9.17) is 4.74 Å². The van der Waals surface area contributed by atoms with Crippen LogP contribution in [0.25, 0.3) is 0 Å². The molecule has 2 aromatic carbocycles. The number of halogens is 3. The van der Waals surface area contributed by atoms with Gasteiger partial charge in [-0.15, -0.1) is 0 Å². The number of rotatable bonds is 9. The number of hydrogen-bond donors (Lipinski definition) is 2. The first-order valence-electron chi connectivity index (χ1n) is 8.68. The number of nitrogens with one attached hydrogen (secondary N) is 2. The van der Waals surface area contributed by atoms with Crippen LogP contribution in [0.4, 0.5) is 13.2 Å². The molecule has 0 saturated carbocycles. The van der Waals surface area contributed by atoms with Gasteiger partial charge in [-0.2, -0.15) is 13.2 Å². The number of hydrogen-bond acceptors (Lipinski definition) is 4. The third-order valence-electron chi connectivity index (χ3n) is 4.02. The molecule has 0 atom stereocenters. The van der Waals surface area contributed by atoms with Gasteiger partial charge in [-0.1, -0.05) is 18.2 Å². The average Bonchev–Trinajstić information content (AvgIpc) is 2.69. The topological polar surface area (TPSA) is 84.5 Å². The molecule has 0 aliphatic rings. The number of sulfonamides is 1. The summed E-state index contributed by atoms with van der Waals surface area (Å²) in [6.45, 7) is -0.239. The predicted molar refractivity (Wildman–Crippen MR) is 101 cm³/mol. The Morgan fingerprint density at radius 1 is 1.10 bits per heavy atom. The summed E-state index contributed by atoms with van der Waals surface area (Å²) in [5.74, 6) is 0.172. The summed E-state index contributed by atoms with van der Waals surface area (Å²) in [6.07, 6.45) is -3.31. The molecular formula is C19H21F3N2O4S. The third kappa shape index (κ3) is 7.06. The highest BCUT2D eigenvalue weighted by molar-refractivity contribution is 7.89. The van der Waals surface area contributed by atoms with Gasteiger partial charge in [-0.3, -0.25) is 4.79 Å². The average molecular weight is 430 g/mol. The minimum absolute atomic E-state index is 0.330. The van der Waals surface area contributed by atoms with E-state index in [1.807, 2.05) is 29.0 Å². The van der Waals surface area contributed by atoms with Crippen molar-refractivity contribution in [2.24, 2.45) is 0 Å². The van der Waals surface area contributed by atoms with Crippen molar-refractivity contribution in [1.29, 1.82) is 0 Å². The molecule has 0 heterocycles. The fraction of sp³-hybridized carbons (Fsp3) is 0.316. The lowest BCUT2D eigenvalue weighted by Crippen LogP contribution is -2.37. The molecule has 1 amide bonds. The molecule has 0 aliphatic carbocycles. The molecule has 0 aliphatic heterocycles. The maximum absolute atomic E-state index is 12.7. The Bertz CT molecular complexity index is 929. The number of alkyl halides is 3. The molecule has 0 bridgehead atoms. The van der Waals surface area contributed by atoms with E-state index in [9.17, 15) is 26.4 Å². The van der Waals surface area contributed by atoms with Crippen LogP contribution in [0.3, 0.4) is 0 Å². The van der Waals surface area contributed by atoms with Crippen LogP contribution in [0, 0.1) is 0 Å². The van der Waals surface area contributed by atoms with Crippen molar-refractivity contribution in [3.05, 3.63) is 59.7 Å². The Morgan fingerprint density at radius 2 is 1.79 bits per heavy atom. The quantitative estimate of drug-likeness (QED) is 0.599. The fourth-order valence-electron chi connectivity index (χ4n) is 2.46. The van der Waals surface area contributed by atoms with Crippen molar-refractivity contribution >= 4 is 15.9 Å². The zero-order chi connectivity index (χ0) is 21.5. The van der Waals surface area contributed by atoms with Gasteiger partial charge in [0.2, 0.25) is 15.9 Å². The van der Waals surface area contributed by atoms with Gasteiger partial charge in [0.1, 0.15) is 5.75 Å². The minimum atomic E-state index is -4.66. The maximum atomic E-state index is 12.7. The lowest BCUT2D eigenvalue weighted by atomic mass is 10.1. The molecule has 29 heavy (non-hydrogen) atoms. The van der Waals surface area contributed by atoms with E-state index < -0.39 is 39.1 Å². The Labute approximate surface area is 167 Å². The number of ether oxygens (including phenoxy) is 1. The van der Waals surface area contributed by atoms with Crippen molar-refractivity contribution in [3.63, 3.8) is 0 Å². The van der Waals surface area contributed by atoms with Crippen molar-refractivity contribution in [1.82, 2.24) is 10.0 Å². The summed E-state index contributed by atoms with van der Waals surface area (Å²) < 4.78 is 69.5. The van der Waals surface area contributed by atoms with Gasteiger partial charge in [-0.25, -0.2) is 13.1 Å². The summed E-state index contributed by atoms with van der Waals surface area (Å²) in [7, 11) is -2.67. The maximum Gasteiger partial charge on any atom is 0.416 e. The highest BCUT2D eigenvalue weighted by Crippen LogP contribution is 2.30. The molecule has 6 nitrogen and oxygen atoms in total. The van der Waals surface area contributed by atoms with Crippen LogP contribution in [0.2, 0.25) is 0 Å². The number of aryl methyl sites for hydroxylation is 1. The second-order valence-corrected chi connectivity index (χ2v) is 7.92. The molecule has 0 fully saturated rings. The van der Waals surface area contributed by atoms with Gasteiger partial charge in [0.25, 0.3) is 0 Å². The molecule has 0 spiro atoms. The van der Waals surface area contributed by atoms with Crippen LogP contribution in [0.1, 0.15) is 17.5 Å². The Kier molecular flexibility index (Phi) is 7.63. The smallest absolute Gasteiger partial charge is 0.416 e. The number of benzene rings is 2. The fourth-order valence-corrected chi connectivity index (χ4v) is 3.49. The first-order valence-corrected chi connectivity index (χ1v) is 10.2. The van der Waals surface area contributed by atoms with Gasteiger partial charge in [-0.05, 0) is 48.7 Å². The molecule has 0 unspecified atom stereocenters. The second-order valence-electron chi connectivity index (χ2n) is 6.15. The SMILES string of the molecule is COc1ccc(CCCNC(=O)CNS(=O)(=O)c2cccc(C(F)(F)F)c2)cc1. The van der Waals surface area contributed by atoms with Crippen molar-refractivity contribution in [3.8, 4) is 5.75 Å². The lowest BCUT2D eigenvalue weighted by Gasteiger charge is -2.10. The Hall–Kier alpha value is -2.59. The normalized spacial score (nSPS) is 11.9. The van der Waals surface area contributed by atoms with Gasteiger partial charge in [0.15, 0.2) is 0 Å². The zero-order valence-corrected chi connectivity index (χ0v) is 16.4. The summed E-state index contributed by atoms with van der Waals surface area (Å²) in [5.41, 5.74) is -0.0198. The first-order chi connectivity index (χ1) is 13.6. The van der Waals surface area contributed by atoms with E-state index in [0.717, 1.165) is 29.5 Å². The lowest BCUT2D eigenvalue weighted by molar-refractivity contribution is -0.137. The molecule has 2 aromatic rings. The summed E-state index contributed by atoms with van der Waals surface area (Å²) in [6, 6.07) is 10.8. The summed E-state index contributed by atoms with van der Waals surface area (Å²) in [5, 5.41) is 2.56. The molecule has 0 aromatic heterocycles. The van der Waals surface area contributed by atoms with Crippen molar-refractivity contribution < 1.29 is 31.1 Å². The first kappa shape index (κ1) is 22.7. The second kappa shape index (κ2) is 9.75. The van der Waals surface area contributed by atoms with Crippen LogP contribution < -0.4 is 14.8 Å². The molecule has 10 heteroatoms. The number of methoxy groups -OCH3 is 1. The van der Waals surface area contributed by atoms with E-state index in [2.05, 4.69) is 5.32 Å². The van der Waals surface area contributed by atoms with E-state index >= 15 is 0 Å². The van der Waals surface area contributed by atoms with E-state index in [1.54, 1.807) is 7.11 Å². The van der Waals surface area contributed by atoms with Gasteiger partial charge in [0, 0.05) is 6.54 Å². The van der Waals surface area contributed by atoms with E-state index in [-0.39, 0.29) is 0 Å².